The normalized spacial score (nSPS) is 13.9. The second-order valence-electron chi connectivity index (χ2n) is 17.0. The number of benzene rings is 4. The van der Waals surface area contributed by atoms with E-state index in [1.807, 2.05) is 6.20 Å². The number of fused-ring (bicyclic) bond motifs is 4. The van der Waals surface area contributed by atoms with Crippen molar-refractivity contribution < 1.29 is 0 Å². The number of hydrogen-bond donors (Lipinski definition) is 0. The lowest BCUT2D eigenvalue weighted by Gasteiger charge is -2.29. The summed E-state index contributed by atoms with van der Waals surface area (Å²) in [6.07, 6.45) is 1.95. The summed E-state index contributed by atoms with van der Waals surface area (Å²) in [4.78, 5) is 12.1. The molecule has 0 spiro atoms. The van der Waals surface area contributed by atoms with Gasteiger partial charge in [-0.3, -0.25) is 4.57 Å². The van der Waals surface area contributed by atoms with Crippen LogP contribution in [0.3, 0.4) is 0 Å². The highest BCUT2D eigenvalue weighted by molar-refractivity contribution is 6.10. The zero-order chi connectivity index (χ0) is 35.0. The number of nitrogens with zero attached hydrogens (tertiary/aromatic N) is 5. The summed E-state index contributed by atoms with van der Waals surface area (Å²) >= 11 is 0. The zero-order valence-corrected chi connectivity index (χ0v) is 31.2. The topological polar surface area (TPSA) is 27.5 Å². The van der Waals surface area contributed by atoms with Crippen molar-refractivity contribution in [1.29, 1.82) is 0 Å². The fraction of sp³-hybridized carbons (Fsp3) is 0.341. The van der Waals surface area contributed by atoms with Gasteiger partial charge in [0.2, 0.25) is 0 Å². The first-order chi connectivity index (χ1) is 23.0. The Hall–Kier alpha value is -4.77. The van der Waals surface area contributed by atoms with E-state index < -0.39 is 0 Å². The van der Waals surface area contributed by atoms with Crippen molar-refractivity contribution in [3.8, 4) is 5.82 Å². The number of para-hydroxylation sites is 1. The van der Waals surface area contributed by atoms with Crippen molar-refractivity contribution in [3.05, 3.63) is 114 Å². The van der Waals surface area contributed by atoms with Gasteiger partial charge in [0.25, 0.3) is 0 Å². The Morgan fingerprint density at radius 1 is 0.592 bits per heavy atom. The summed E-state index contributed by atoms with van der Waals surface area (Å²) in [5, 5.41) is 2.46. The van der Waals surface area contributed by atoms with Crippen LogP contribution >= 0.6 is 0 Å². The van der Waals surface area contributed by atoms with Crippen LogP contribution in [0.15, 0.2) is 97.2 Å². The Kier molecular flexibility index (Phi) is 7.62. The summed E-state index contributed by atoms with van der Waals surface area (Å²) in [6.45, 7) is 21.4. The minimum Gasteiger partial charge on any atom is -0.355 e. The second-order valence-corrected chi connectivity index (χ2v) is 17.0. The molecule has 0 saturated carbocycles. The van der Waals surface area contributed by atoms with Crippen LogP contribution in [0.4, 0.5) is 28.4 Å². The molecule has 0 N–H and O–H groups in total. The molecule has 4 aromatic carbocycles. The monoisotopic (exact) mass is 649 g/mol. The molecule has 0 amide bonds. The molecule has 5 heteroatoms. The molecule has 0 unspecified atom stereocenters. The molecule has 0 bridgehead atoms. The van der Waals surface area contributed by atoms with Gasteiger partial charge in [-0.25, -0.2) is 4.98 Å². The minimum absolute atomic E-state index is 0.0204. The SMILES string of the molecule is CN1CN(c2cc(N(C)c3ccc4c5ccccc5n(-c5cc(C(C)(C)C)ccn5)c4c3)cc(C(C)(C)C)c2)c2cc(C(C)(C)C)ccc21. The smallest absolute Gasteiger partial charge is 0.137 e. The predicted molar refractivity (Wildman–Crippen MR) is 211 cm³/mol. The lowest BCUT2D eigenvalue weighted by atomic mass is 9.86. The van der Waals surface area contributed by atoms with Gasteiger partial charge in [-0.2, -0.15) is 0 Å². The van der Waals surface area contributed by atoms with E-state index in [-0.39, 0.29) is 16.2 Å². The maximum absolute atomic E-state index is 4.91. The van der Waals surface area contributed by atoms with Gasteiger partial charge < -0.3 is 14.7 Å². The van der Waals surface area contributed by atoms with E-state index in [2.05, 4.69) is 187 Å². The molecule has 252 valence electrons. The largest absolute Gasteiger partial charge is 0.355 e. The van der Waals surface area contributed by atoms with Crippen LogP contribution in [0.25, 0.3) is 27.6 Å². The van der Waals surface area contributed by atoms with Gasteiger partial charge in [0.15, 0.2) is 0 Å². The molecule has 0 saturated heterocycles. The number of rotatable bonds is 4. The van der Waals surface area contributed by atoms with Gasteiger partial charge in [0.1, 0.15) is 5.82 Å². The van der Waals surface area contributed by atoms with Crippen molar-refractivity contribution in [2.45, 2.75) is 78.6 Å². The van der Waals surface area contributed by atoms with E-state index in [0.29, 0.717) is 0 Å². The molecule has 6 aromatic rings. The average molecular weight is 650 g/mol. The minimum atomic E-state index is -0.0204. The third kappa shape index (κ3) is 5.83. The van der Waals surface area contributed by atoms with E-state index in [0.717, 1.165) is 23.7 Å². The molecule has 1 aliphatic rings. The fourth-order valence-electron chi connectivity index (χ4n) is 7.06. The number of aromatic nitrogens is 2. The van der Waals surface area contributed by atoms with Gasteiger partial charge in [-0.15, -0.1) is 0 Å². The molecule has 3 heterocycles. The predicted octanol–water partition coefficient (Wildman–Crippen LogP) is 11.4. The Bertz CT molecular complexity index is 2200. The van der Waals surface area contributed by atoms with Crippen molar-refractivity contribution >= 4 is 50.2 Å². The molecule has 1 aliphatic heterocycles. The lowest BCUT2D eigenvalue weighted by molar-refractivity contribution is 0.588. The van der Waals surface area contributed by atoms with Gasteiger partial charge in [0, 0.05) is 48.1 Å². The Balaban J connectivity index is 1.37. The average Bonchev–Trinajstić information content (AvgIpc) is 3.57. The standard InChI is InChI=1S/C44H51N5/c1-42(2,3)29-16-19-38-40(24-29)48(28-46(38)10)34-23-31(44(7,8)9)22-33(26-34)47(11)32-17-18-36-35-14-12-13-15-37(35)49(39(36)27-32)41-25-30(20-21-45-41)43(4,5)6/h12-27H,28H2,1-11H3. The highest BCUT2D eigenvalue weighted by atomic mass is 15.4. The van der Waals surface area contributed by atoms with Gasteiger partial charge >= 0.3 is 0 Å². The summed E-state index contributed by atoms with van der Waals surface area (Å²) in [5.74, 6) is 0.946. The lowest BCUT2D eigenvalue weighted by Crippen LogP contribution is -2.25. The van der Waals surface area contributed by atoms with E-state index >= 15 is 0 Å². The van der Waals surface area contributed by atoms with Gasteiger partial charge in [0.05, 0.1) is 29.1 Å². The van der Waals surface area contributed by atoms with Crippen LogP contribution in [0, 0.1) is 0 Å². The molecule has 0 aliphatic carbocycles. The highest BCUT2D eigenvalue weighted by Crippen LogP contribution is 2.45. The van der Waals surface area contributed by atoms with E-state index in [1.165, 1.54) is 55.7 Å². The molecule has 5 nitrogen and oxygen atoms in total. The quantitative estimate of drug-likeness (QED) is 0.190. The first-order valence-electron chi connectivity index (χ1n) is 17.5. The molecule has 2 aromatic heterocycles. The van der Waals surface area contributed by atoms with Crippen molar-refractivity contribution in [2.24, 2.45) is 0 Å². The molecule has 0 fully saturated rings. The van der Waals surface area contributed by atoms with Crippen molar-refractivity contribution in [1.82, 2.24) is 9.55 Å². The summed E-state index contributed by atoms with van der Waals surface area (Å²) in [7, 11) is 4.39. The van der Waals surface area contributed by atoms with Crippen LogP contribution < -0.4 is 14.7 Å². The second kappa shape index (κ2) is 11.4. The van der Waals surface area contributed by atoms with E-state index in [4.69, 9.17) is 4.98 Å². The molecule has 7 rings (SSSR count). The third-order valence-corrected chi connectivity index (χ3v) is 10.2. The molecule has 0 radical (unpaired) electrons. The molecule has 49 heavy (non-hydrogen) atoms. The number of pyridine rings is 1. The van der Waals surface area contributed by atoms with Gasteiger partial charge in [-0.1, -0.05) is 92.6 Å². The zero-order valence-electron chi connectivity index (χ0n) is 31.2. The van der Waals surface area contributed by atoms with Crippen molar-refractivity contribution in [2.75, 3.05) is 35.5 Å². The van der Waals surface area contributed by atoms with Gasteiger partial charge in [-0.05, 0) is 93.6 Å². The van der Waals surface area contributed by atoms with E-state index in [1.54, 1.807) is 0 Å². The maximum atomic E-state index is 4.91. The first kappa shape index (κ1) is 32.8. The Morgan fingerprint density at radius 2 is 1.27 bits per heavy atom. The summed E-state index contributed by atoms with van der Waals surface area (Å²) < 4.78 is 2.33. The molecular weight excluding hydrogens is 599 g/mol. The first-order valence-corrected chi connectivity index (χ1v) is 17.5. The van der Waals surface area contributed by atoms with Crippen LogP contribution in [-0.4, -0.2) is 30.3 Å². The molecular formula is C44H51N5. The number of hydrogen-bond acceptors (Lipinski definition) is 4. The third-order valence-electron chi connectivity index (χ3n) is 10.2. The Morgan fingerprint density at radius 3 is 1.98 bits per heavy atom. The molecule has 0 atom stereocenters. The summed E-state index contributed by atoms with van der Waals surface area (Å²) in [6, 6.07) is 34.0. The summed E-state index contributed by atoms with van der Waals surface area (Å²) in [5.41, 5.74) is 12.4. The van der Waals surface area contributed by atoms with Crippen LogP contribution in [0.5, 0.6) is 0 Å². The van der Waals surface area contributed by atoms with Crippen LogP contribution in [0.1, 0.15) is 79.0 Å². The fourth-order valence-corrected chi connectivity index (χ4v) is 7.06. The van der Waals surface area contributed by atoms with E-state index in [9.17, 15) is 0 Å². The Labute approximate surface area is 292 Å². The maximum Gasteiger partial charge on any atom is 0.137 e. The van der Waals surface area contributed by atoms with Crippen LogP contribution in [-0.2, 0) is 16.2 Å². The van der Waals surface area contributed by atoms with Crippen LogP contribution in [0.2, 0.25) is 0 Å². The number of anilines is 5. The highest BCUT2D eigenvalue weighted by Gasteiger charge is 2.29. The van der Waals surface area contributed by atoms with Crippen molar-refractivity contribution in [3.63, 3.8) is 0 Å².